The van der Waals surface area contributed by atoms with Gasteiger partial charge in [-0.1, -0.05) is 13.0 Å². The molecule has 0 bridgehead atoms. The fraction of sp³-hybridized carbons (Fsp3) is 0.286. The third kappa shape index (κ3) is 2.59. The molecule has 0 amide bonds. The Morgan fingerprint density at radius 2 is 1.78 bits per heavy atom. The second-order valence-electron chi connectivity index (χ2n) is 4.32. The number of hydrogen-bond acceptors (Lipinski definition) is 4. The van der Waals surface area contributed by atoms with Crippen LogP contribution in [0.3, 0.4) is 0 Å². The van der Waals surface area contributed by atoms with Crippen molar-refractivity contribution in [1.29, 1.82) is 0 Å². The minimum atomic E-state index is 0.479. The van der Waals surface area contributed by atoms with Gasteiger partial charge < -0.3 is 10.5 Å². The molecule has 0 radical (unpaired) electrons. The molecular weight excluding hydrogens is 226 g/mol. The summed E-state index contributed by atoms with van der Waals surface area (Å²) < 4.78 is 5.81. The zero-order chi connectivity index (χ0) is 13.1. The van der Waals surface area contributed by atoms with Gasteiger partial charge in [0, 0.05) is 0 Å². The van der Waals surface area contributed by atoms with E-state index in [-0.39, 0.29) is 0 Å². The molecule has 0 fully saturated rings. The van der Waals surface area contributed by atoms with Crippen LogP contribution in [0.1, 0.15) is 23.6 Å². The average Bonchev–Trinajstić information content (AvgIpc) is 2.27. The van der Waals surface area contributed by atoms with Gasteiger partial charge in [0.15, 0.2) is 0 Å². The van der Waals surface area contributed by atoms with Gasteiger partial charge in [-0.3, -0.25) is 0 Å². The van der Waals surface area contributed by atoms with E-state index in [4.69, 9.17) is 10.5 Å². The van der Waals surface area contributed by atoms with E-state index in [1.54, 1.807) is 0 Å². The summed E-state index contributed by atoms with van der Waals surface area (Å²) in [4.78, 5) is 8.13. The lowest BCUT2D eigenvalue weighted by Crippen LogP contribution is -2.01. The summed E-state index contributed by atoms with van der Waals surface area (Å²) >= 11 is 0. The molecule has 2 aromatic rings. The SMILES string of the molecule is CCc1c(N)ncnc1Oc1cc(C)cc(C)c1. The molecule has 2 rings (SSSR count). The minimum absolute atomic E-state index is 0.479. The van der Waals surface area contributed by atoms with E-state index in [9.17, 15) is 0 Å². The number of nitrogens with zero attached hydrogens (tertiary/aromatic N) is 2. The number of anilines is 1. The maximum absolute atomic E-state index is 5.81. The second kappa shape index (κ2) is 5.04. The molecule has 1 aromatic carbocycles. The highest BCUT2D eigenvalue weighted by molar-refractivity contribution is 5.46. The lowest BCUT2D eigenvalue weighted by molar-refractivity contribution is 0.455. The summed E-state index contributed by atoms with van der Waals surface area (Å²) in [6.45, 7) is 6.08. The fourth-order valence-corrected chi connectivity index (χ4v) is 1.93. The van der Waals surface area contributed by atoms with Gasteiger partial charge in [0.05, 0.1) is 5.56 Å². The summed E-state index contributed by atoms with van der Waals surface area (Å²) in [5.41, 5.74) is 8.97. The number of nitrogens with two attached hydrogens (primary N) is 1. The van der Waals surface area contributed by atoms with Crippen molar-refractivity contribution in [2.45, 2.75) is 27.2 Å². The molecule has 0 atom stereocenters. The Balaban J connectivity index is 2.36. The Morgan fingerprint density at radius 1 is 1.11 bits per heavy atom. The van der Waals surface area contributed by atoms with Crippen LogP contribution in [0.4, 0.5) is 5.82 Å². The first-order valence-electron chi connectivity index (χ1n) is 5.95. The van der Waals surface area contributed by atoms with Crippen molar-refractivity contribution in [2.24, 2.45) is 0 Å². The summed E-state index contributed by atoms with van der Waals surface area (Å²) in [5.74, 6) is 1.79. The lowest BCUT2D eigenvalue weighted by Gasteiger charge is -2.11. The Hall–Kier alpha value is -2.10. The predicted octanol–water partition coefficient (Wildman–Crippen LogP) is 3.03. The zero-order valence-electron chi connectivity index (χ0n) is 10.9. The minimum Gasteiger partial charge on any atom is -0.439 e. The van der Waals surface area contributed by atoms with Gasteiger partial charge in [-0.25, -0.2) is 9.97 Å². The topological polar surface area (TPSA) is 61.0 Å². The number of aromatic nitrogens is 2. The van der Waals surface area contributed by atoms with Crippen molar-refractivity contribution in [3.63, 3.8) is 0 Å². The number of ether oxygens (including phenoxy) is 1. The quantitative estimate of drug-likeness (QED) is 0.900. The molecular formula is C14H17N3O. The molecule has 0 aliphatic heterocycles. The van der Waals surface area contributed by atoms with Crippen LogP contribution in [0, 0.1) is 13.8 Å². The molecule has 4 nitrogen and oxygen atoms in total. The van der Waals surface area contributed by atoms with Crippen LogP contribution in [0.25, 0.3) is 0 Å². The highest BCUT2D eigenvalue weighted by Crippen LogP contribution is 2.27. The molecule has 0 aliphatic carbocycles. The van der Waals surface area contributed by atoms with Crippen molar-refractivity contribution in [3.05, 3.63) is 41.2 Å². The van der Waals surface area contributed by atoms with Gasteiger partial charge in [-0.05, 0) is 43.5 Å². The summed E-state index contributed by atoms with van der Waals surface area (Å²) in [7, 11) is 0. The van der Waals surface area contributed by atoms with Gasteiger partial charge in [0.1, 0.15) is 17.9 Å². The van der Waals surface area contributed by atoms with E-state index in [0.29, 0.717) is 11.7 Å². The molecule has 0 saturated heterocycles. The van der Waals surface area contributed by atoms with Gasteiger partial charge in [-0.2, -0.15) is 0 Å². The van der Waals surface area contributed by atoms with Crippen molar-refractivity contribution in [2.75, 3.05) is 5.73 Å². The molecule has 4 heteroatoms. The number of rotatable bonds is 3. The summed E-state index contributed by atoms with van der Waals surface area (Å²) in [6.07, 6.45) is 2.17. The molecule has 1 heterocycles. The van der Waals surface area contributed by atoms with Crippen LogP contribution in [-0.4, -0.2) is 9.97 Å². The van der Waals surface area contributed by atoms with E-state index in [1.165, 1.54) is 6.33 Å². The van der Waals surface area contributed by atoms with Crippen LogP contribution in [0.2, 0.25) is 0 Å². The molecule has 94 valence electrons. The van der Waals surface area contributed by atoms with Crippen LogP contribution >= 0.6 is 0 Å². The highest BCUT2D eigenvalue weighted by Gasteiger charge is 2.09. The van der Waals surface area contributed by atoms with Crippen LogP contribution in [-0.2, 0) is 6.42 Å². The fourth-order valence-electron chi connectivity index (χ4n) is 1.93. The molecule has 0 spiro atoms. The Kier molecular flexibility index (Phi) is 3.46. The molecule has 1 aromatic heterocycles. The number of aryl methyl sites for hydroxylation is 2. The molecule has 0 unspecified atom stereocenters. The Labute approximate surface area is 107 Å². The van der Waals surface area contributed by atoms with Crippen molar-refractivity contribution in [1.82, 2.24) is 9.97 Å². The van der Waals surface area contributed by atoms with E-state index in [2.05, 4.69) is 16.0 Å². The highest BCUT2D eigenvalue weighted by atomic mass is 16.5. The van der Waals surface area contributed by atoms with Crippen LogP contribution < -0.4 is 10.5 Å². The van der Waals surface area contributed by atoms with E-state index in [0.717, 1.165) is 28.9 Å². The number of nitrogen functional groups attached to an aromatic ring is 1. The van der Waals surface area contributed by atoms with Gasteiger partial charge in [0.2, 0.25) is 5.88 Å². The molecule has 0 saturated carbocycles. The Morgan fingerprint density at radius 3 is 2.39 bits per heavy atom. The first-order valence-corrected chi connectivity index (χ1v) is 5.95. The van der Waals surface area contributed by atoms with E-state index >= 15 is 0 Å². The molecule has 2 N–H and O–H groups in total. The first-order chi connectivity index (χ1) is 8.60. The molecule has 0 aliphatic rings. The third-order valence-corrected chi connectivity index (χ3v) is 2.70. The van der Waals surface area contributed by atoms with E-state index in [1.807, 2.05) is 32.9 Å². The normalized spacial score (nSPS) is 10.4. The summed E-state index contributed by atoms with van der Waals surface area (Å²) in [5, 5.41) is 0. The van der Waals surface area contributed by atoms with Crippen molar-refractivity contribution >= 4 is 5.82 Å². The molecule has 18 heavy (non-hydrogen) atoms. The van der Waals surface area contributed by atoms with Crippen molar-refractivity contribution in [3.8, 4) is 11.6 Å². The zero-order valence-corrected chi connectivity index (χ0v) is 10.9. The smallest absolute Gasteiger partial charge is 0.227 e. The number of hydrogen-bond donors (Lipinski definition) is 1. The maximum atomic E-state index is 5.81. The number of benzene rings is 1. The Bertz CT molecular complexity index is 547. The summed E-state index contributed by atoms with van der Waals surface area (Å²) in [6, 6.07) is 6.05. The standard InChI is InChI=1S/C14H17N3O/c1-4-12-13(15)16-8-17-14(12)18-11-6-9(2)5-10(3)7-11/h5-8H,4H2,1-3H3,(H2,15,16,17). The lowest BCUT2D eigenvalue weighted by atomic mass is 10.1. The third-order valence-electron chi connectivity index (χ3n) is 2.70. The maximum Gasteiger partial charge on any atom is 0.227 e. The monoisotopic (exact) mass is 243 g/mol. The van der Waals surface area contributed by atoms with Crippen LogP contribution in [0.5, 0.6) is 11.6 Å². The van der Waals surface area contributed by atoms with Gasteiger partial charge >= 0.3 is 0 Å². The van der Waals surface area contributed by atoms with Gasteiger partial charge in [0.25, 0.3) is 0 Å². The van der Waals surface area contributed by atoms with Crippen molar-refractivity contribution < 1.29 is 4.74 Å². The van der Waals surface area contributed by atoms with Gasteiger partial charge in [-0.15, -0.1) is 0 Å². The van der Waals surface area contributed by atoms with Crippen LogP contribution in [0.15, 0.2) is 24.5 Å². The average molecular weight is 243 g/mol. The largest absolute Gasteiger partial charge is 0.439 e. The predicted molar refractivity (Wildman–Crippen MR) is 71.8 cm³/mol. The second-order valence-corrected chi connectivity index (χ2v) is 4.32. The van der Waals surface area contributed by atoms with E-state index < -0.39 is 0 Å². The first kappa shape index (κ1) is 12.4.